The van der Waals surface area contributed by atoms with Crippen LogP contribution < -0.4 is 10.6 Å². The molecule has 0 atom stereocenters. The highest BCUT2D eigenvalue weighted by Crippen LogP contribution is 2.39. The van der Waals surface area contributed by atoms with Gasteiger partial charge in [0, 0.05) is 24.9 Å². The molecule has 0 aromatic heterocycles. The SMILES string of the molecule is O=C(O)CCCCCCCCC(=O)NC1=NCCC2(CC2)N1. The Bertz CT molecular complexity index is 430. The summed E-state index contributed by atoms with van der Waals surface area (Å²) in [5.74, 6) is -0.0267. The van der Waals surface area contributed by atoms with E-state index in [1.54, 1.807) is 0 Å². The third kappa shape index (κ3) is 6.03. The average molecular weight is 309 g/mol. The Morgan fingerprint density at radius 1 is 1.05 bits per heavy atom. The number of carbonyl (C=O) groups excluding carboxylic acids is 1. The molecular formula is C16H27N3O3. The quantitative estimate of drug-likeness (QED) is 0.569. The maximum atomic E-state index is 11.9. The van der Waals surface area contributed by atoms with Gasteiger partial charge in [0.25, 0.3) is 0 Å². The Balaban J connectivity index is 1.46. The second-order valence-corrected chi connectivity index (χ2v) is 6.45. The zero-order valence-corrected chi connectivity index (χ0v) is 13.2. The van der Waals surface area contributed by atoms with E-state index in [4.69, 9.17) is 5.11 Å². The number of carboxylic acid groups (broad SMARTS) is 1. The molecule has 1 amide bonds. The third-order valence-electron chi connectivity index (χ3n) is 4.40. The summed E-state index contributed by atoms with van der Waals surface area (Å²) in [5.41, 5.74) is 0.236. The van der Waals surface area contributed by atoms with Gasteiger partial charge in [0.15, 0.2) is 5.96 Å². The van der Waals surface area contributed by atoms with E-state index < -0.39 is 5.97 Å². The number of nitrogens with one attached hydrogen (secondary N) is 2. The van der Waals surface area contributed by atoms with E-state index in [0.29, 0.717) is 12.4 Å². The Morgan fingerprint density at radius 2 is 1.68 bits per heavy atom. The van der Waals surface area contributed by atoms with Crippen molar-refractivity contribution in [1.82, 2.24) is 10.6 Å². The summed E-state index contributed by atoms with van der Waals surface area (Å²) >= 11 is 0. The van der Waals surface area contributed by atoms with Gasteiger partial charge in [-0.2, -0.15) is 0 Å². The van der Waals surface area contributed by atoms with Crippen LogP contribution in [0.3, 0.4) is 0 Å². The minimum atomic E-state index is -0.719. The van der Waals surface area contributed by atoms with E-state index in [0.717, 1.165) is 51.5 Å². The first-order valence-corrected chi connectivity index (χ1v) is 8.44. The molecule has 0 bridgehead atoms. The van der Waals surface area contributed by atoms with Crippen LogP contribution >= 0.6 is 0 Å². The van der Waals surface area contributed by atoms with E-state index in [1.165, 1.54) is 12.8 Å². The molecule has 2 rings (SSSR count). The van der Waals surface area contributed by atoms with E-state index >= 15 is 0 Å². The summed E-state index contributed by atoms with van der Waals surface area (Å²) in [5, 5.41) is 14.7. The van der Waals surface area contributed by atoms with E-state index in [1.807, 2.05) is 0 Å². The number of aliphatic carboxylic acids is 1. The topological polar surface area (TPSA) is 90.8 Å². The fraction of sp³-hybridized carbons (Fsp3) is 0.812. The van der Waals surface area contributed by atoms with Crippen LogP contribution in [0.15, 0.2) is 4.99 Å². The van der Waals surface area contributed by atoms with Gasteiger partial charge < -0.3 is 10.4 Å². The van der Waals surface area contributed by atoms with Crippen LogP contribution in [0.25, 0.3) is 0 Å². The van der Waals surface area contributed by atoms with Crippen LogP contribution in [0.2, 0.25) is 0 Å². The first-order chi connectivity index (χ1) is 10.6. The summed E-state index contributed by atoms with van der Waals surface area (Å²) < 4.78 is 0. The molecule has 124 valence electrons. The fourth-order valence-corrected chi connectivity index (χ4v) is 2.80. The number of amides is 1. The molecule has 1 saturated carbocycles. The minimum absolute atomic E-state index is 0.0369. The summed E-state index contributed by atoms with van der Waals surface area (Å²) in [7, 11) is 0. The van der Waals surface area contributed by atoms with Crippen LogP contribution in [-0.2, 0) is 9.59 Å². The number of unbranched alkanes of at least 4 members (excludes halogenated alkanes) is 5. The van der Waals surface area contributed by atoms with Crippen molar-refractivity contribution in [3.8, 4) is 0 Å². The minimum Gasteiger partial charge on any atom is -0.481 e. The molecule has 6 heteroatoms. The molecule has 1 aliphatic carbocycles. The molecule has 0 saturated heterocycles. The summed E-state index contributed by atoms with van der Waals surface area (Å²) in [4.78, 5) is 26.5. The Morgan fingerprint density at radius 3 is 2.32 bits per heavy atom. The van der Waals surface area contributed by atoms with Gasteiger partial charge in [-0.1, -0.05) is 25.7 Å². The number of hydrogen-bond acceptors (Lipinski definition) is 4. The highest BCUT2D eigenvalue weighted by atomic mass is 16.4. The predicted octanol–water partition coefficient (Wildman–Crippen LogP) is 2.19. The number of aliphatic imine (C=N–C) groups is 1. The Kier molecular flexibility index (Phi) is 6.21. The summed E-state index contributed by atoms with van der Waals surface area (Å²) in [6.45, 7) is 0.805. The lowest BCUT2D eigenvalue weighted by atomic mass is 10.1. The van der Waals surface area contributed by atoms with Crippen molar-refractivity contribution in [3.05, 3.63) is 0 Å². The van der Waals surface area contributed by atoms with Gasteiger partial charge in [0.05, 0.1) is 0 Å². The molecule has 6 nitrogen and oxygen atoms in total. The summed E-state index contributed by atoms with van der Waals surface area (Å²) in [6, 6.07) is 0. The van der Waals surface area contributed by atoms with Crippen LogP contribution in [-0.4, -0.2) is 35.0 Å². The van der Waals surface area contributed by atoms with Crippen molar-refractivity contribution >= 4 is 17.8 Å². The molecule has 0 radical (unpaired) electrons. The van der Waals surface area contributed by atoms with Crippen LogP contribution in [0.1, 0.15) is 70.6 Å². The molecule has 1 aliphatic heterocycles. The molecule has 0 aromatic carbocycles. The lowest BCUT2D eigenvalue weighted by Crippen LogP contribution is -2.49. The standard InChI is InChI=1S/C16H27N3O3/c20-13(7-5-3-1-2-4-6-8-14(21)22)18-15-17-12-11-16(19-15)9-10-16/h1-12H2,(H,21,22)(H2,17,18,19,20). The number of nitrogens with zero attached hydrogens (tertiary/aromatic N) is 1. The van der Waals surface area contributed by atoms with Crippen molar-refractivity contribution in [3.63, 3.8) is 0 Å². The molecule has 1 fully saturated rings. The van der Waals surface area contributed by atoms with Crippen LogP contribution in [0.4, 0.5) is 0 Å². The third-order valence-corrected chi connectivity index (χ3v) is 4.40. The zero-order valence-electron chi connectivity index (χ0n) is 13.2. The molecule has 22 heavy (non-hydrogen) atoms. The monoisotopic (exact) mass is 309 g/mol. The lowest BCUT2D eigenvalue weighted by molar-refractivity contribution is -0.137. The van der Waals surface area contributed by atoms with E-state index in [2.05, 4.69) is 15.6 Å². The van der Waals surface area contributed by atoms with Crippen molar-refractivity contribution in [2.45, 2.75) is 76.2 Å². The Labute approximate surface area is 131 Å². The molecule has 0 unspecified atom stereocenters. The number of carboxylic acids is 1. The first-order valence-electron chi connectivity index (χ1n) is 8.44. The zero-order chi connectivity index (χ0) is 15.8. The van der Waals surface area contributed by atoms with Crippen molar-refractivity contribution < 1.29 is 14.7 Å². The van der Waals surface area contributed by atoms with Gasteiger partial charge in [-0.15, -0.1) is 0 Å². The van der Waals surface area contributed by atoms with Gasteiger partial charge >= 0.3 is 5.97 Å². The number of carbonyl (C=O) groups is 2. The second-order valence-electron chi connectivity index (χ2n) is 6.45. The normalized spacial score (nSPS) is 18.5. The lowest BCUT2D eigenvalue weighted by Gasteiger charge is -2.24. The first kappa shape index (κ1) is 16.8. The highest BCUT2D eigenvalue weighted by Gasteiger charge is 2.44. The smallest absolute Gasteiger partial charge is 0.303 e. The molecule has 1 heterocycles. The van der Waals surface area contributed by atoms with Crippen LogP contribution in [0, 0.1) is 0 Å². The van der Waals surface area contributed by atoms with Gasteiger partial charge in [0.2, 0.25) is 5.91 Å². The largest absolute Gasteiger partial charge is 0.481 e. The molecule has 3 N–H and O–H groups in total. The van der Waals surface area contributed by atoms with Crippen molar-refractivity contribution in [2.75, 3.05) is 6.54 Å². The van der Waals surface area contributed by atoms with Gasteiger partial charge in [0.1, 0.15) is 0 Å². The summed E-state index contributed by atoms with van der Waals surface area (Å²) in [6.07, 6.45) is 9.96. The predicted molar refractivity (Wildman–Crippen MR) is 84.7 cm³/mol. The van der Waals surface area contributed by atoms with Gasteiger partial charge in [-0.05, 0) is 32.1 Å². The Hall–Kier alpha value is -1.59. The number of rotatable bonds is 9. The van der Waals surface area contributed by atoms with Crippen LogP contribution in [0.5, 0.6) is 0 Å². The van der Waals surface area contributed by atoms with Gasteiger partial charge in [-0.25, -0.2) is 0 Å². The fourth-order valence-electron chi connectivity index (χ4n) is 2.80. The second kappa shape index (κ2) is 8.15. The van der Waals surface area contributed by atoms with Gasteiger partial charge in [-0.3, -0.25) is 19.9 Å². The number of guanidine groups is 1. The van der Waals surface area contributed by atoms with E-state index in [-0.39, 0.29) is 17.9 Å². The molecule has 0 aromatic rings. The van der Waals surface area contributed by atoms with E-state index in [9.17, 15) is 9.59 Å². The number of hydrogen-bond donors (Lipinski definition) is 3. The molecule has 2 aliphatic rings. The average Bonchev–Trinajstić information content (AvgIpc) is 3.20. The van der Waals surface area contributed by atoms with Crippen molar-refractivity contribution in [1.29, 1.82) is 0 Å². The highest BCUT2D eigenvalue weighted by molar-refractivity contribution is 5.97. The maximum Gasteiger partial charge on any atom is 0.303 e. The molecule has 1 spiro atoms. The maximum absolute atomic E-state index is 11.9. The molecular weight excluding hydrogens is 282 g/mol. The van der Waals surface area contributed by atoms with Crippen molar-refractivity contribution in [2.24, 2.45) is 4.99 Å².